The fourth-order valence-corrected chi connectivity index (χ4v) is 3.80. The quantitative estimate of drug-likeness (QED) is 0.870. The summed E-state index contributed by atoms with van der Waals surface area (Å²) in [5.74, 6) is 0.948. The van der Waals surface area contributed by atoms with E-state index < -0.39 is 10.0 Å². The second-order valence-corrected chi connectivity index (χ2v) is 7.78. The third kappa shape index (κ3) is 3.61. The Balaban J connectivity index is 1.65. The van der Waals surface area contributed by atoms with E-state index >= 15 is 0 Å². The number of primary sulfonamides is 1. The minimum atomic E-state index is -3.71. The van der Waals surface area contributed by atoms with Crippen molar-refractivity contribution in [2.24, 2.45) is 5.14 Å². The number of para-hydroxylation sites is 1. The average molecular weight is 346 g/mol. The van der Waals surface area contributed by atoms with E-state index in [0.29, 0.717) is 12.1 Å². The summed E-state index contributed by atoms with van der Waals surface area (Å²) in [5.41, 5.74) is 2.77. The van der Waals surface area contributed by atoms with E-state index in [2.05, 4.69) is 11.4 Å². The van der Waals surface area contributed by atoms with Crippen LogP contribution in [0.15, 0.2) is 47.4 Å². The molecular formula is C18H22N2O3S. The van der Waals surface area contributed by atoms with Crippen LogP contribution in [-0.2, 0) is 16.4 Å². The number of sulfonamides is 1. The van der Waals surface area contributed by atoms with Gasteiger partial charge >= 0.3 is 0 Å². The zero-order chi connectivity index (χ0) is 17.3. The van der Waals surface area contributed by atoms with Crippen molar-refractivity contribution < 1.29 is 13.2 Å². The molecule has 0 saturated carbocycles. The topological polar surface area (TPSA) is 81.4 Å². The predicted octanol–water partition coefficient (Wildman–Crippen LogP) is 2.30. The Morgan fingerprint density at radius 1 is 1.29 bits per heavy atom. The highest BCUT2D eigenvalue weighted by Crippen LogP contribution is 2.28. The van der Waals surface area contributed by atoms with Crippen molar-refractivity contribution in [1.29, 1.82) is 0 Å². The van der Waals surface area contributed by atoms with Gasteiger partial charge in [0, 0.05) is 19.0 Å². The first-order valence-electron chi connectivity index (χ1n) is 7.96. The summed E-state index contributed by atoms with van der Waals surface area (Å²) in [7, 11) is -3.71. The lowest BCUT2D eigenvalue weighted by Crippen LogP contribution is -2.32. The molecule has 5 nitrogen and oxygen atoms in total. The molecule has 128 valence electrons. The Morgan fingerprint density at radius 3 is 2.75 bits per heavy atom. The molecule has 0 saturated heterocycles. The van der Waals surface area contributed by atoms with Crippen molar-refractivity contribution in [2.45, 2.75) is 37.3 Å². The Labute approximate surface area is 142 Å². The smallest absolute Gasteiger partial charge is 0.238 e. The van der Waals surface area contributed by atoms with E-state index in [1.807, 2.05) is 31.2 Å². The van der Waals surface area contributed by atoms with Crippen molar-refractivity contribution >= 4 is 10.0 Å². The first kappa shape index (κ1) is 17.0. The van der Waals surface area contributed by atoms with Crippen LogP contribution in [0.2, 0.25) is 0 Å². The fraction of sp³-hybridized carbons (Fsp3) is 0.333. The van der Waals surface area contributed by atoms with Crippen molar-refractivity contribution in [3.63, 3.8) is 0 Å². The largest absolute Gasteiger partial charge is 0.488 e. The first-order valence-corrected chi connectivity index (χ1v) is 9.50. The lowest BCUT2D eigenvalue weighted by molar-refractivity contribution is 0.222. The van der Waals surface area contributed by atoms with Gasteiger partial charge in [0.1, 0.15) is 11.9 Å². The monoisotopic (exact) mass is 346 g/mol. The standard InChI is InChI=1S/C18H22N2O3S/c1-12-7-8-14(10-18(12)24(19,21)22)13(2)20-11-16-9-15-5-3-4-6-17(15)23-16/h3-8,10,13,16,20H,9,11H2,1-2H3,(H2,19,21,22)/t13-,16+/m0/s1. The molecule has 0 aliphatic carbocycles. The Morgan fingerprint density at radius 2 is 2.04 bits per heavy atom. The lowest BCUT2D eigenvalue weighted by Gasteiger charge is -2.18. The highest BCUT2D eigenvalue weighted by Gasteiger charge is 2.23. The van der Waals surface area contributed by atoms with Crippen molar-refractivity contribution in [1.82, 2.24) is 5.32 Å². The van der Waals surface area contributed by atoms with Crippen LogP contribution in [0.4, 0.5) is 0 Å². The van der Waals surface area contributed by atoms with E-state index in [4.69, 9.17) is 9.88 Å². The molecule has 2 aromatic carbocycles. The van der Waals surface area contributed by atoms with Gasteiger partial charge in [-0.3, -0.25) is 0 Å². The number of hydrogen-bond donors (Lipinski definition) is 2. The lowest BCUT2D eigenvalue weighted by atomic mass is 10.1. The molecule has 0 amide bonds. The van der Waals surface area contributed by atoms with Gasteiger partial charge in [0.15, 0.2) is 0 Å². The molecule has 0 spiro atoms. The van der Waals surface area contributed by atoms with Gasteiger partial charge in [0.2, 0.25) is 10.0 Å². The molecule has 1 heterocycles. The van der Waals surface area contributed by atoms with Gasteiger partial charge in [-0.05, 0) is 42.7 Å². The number of benzene rings is 2. The molecule has 3 rings (SSSR count). The molecule has 6 heteroatoms. The second kappa shape index (κ2) is 6.55. The molecule has 0 bridgehead atoms. The number of ether oxygens (including phenoxy) is 1. The molecule has 0 unspecified atom stereocenters. The van der Waals surface area contributed by atoms with Gasteiger partial charge in [-0.25, -0.2) is 13.6 Å². The molecule has 24 heavy (non-hydrogen) atoms. The number of hydrogen-bond acceptors (Lipinski definition) is 4. The zero-order valence-electron chi connectivity index (χ0n) is 13.8. The molecule has 3 N–H and O–H groups in total. The number of nitrogens with one attached hydrogen (secondary N) is 1. The summed E-state index contributed by atoms with van der Waals surface area (Å²) >= 11 is 0. The Bertz CT molecular complexity index is 824. The van der Waals surface area contributed by atoms with Crippen LogP contribution >= 0.6 is 0 Å². The molecule has 1 aliphatic heterocycles. The molecule has 2 aromatic rings. The van der Waals surface area contributed by atoms with Crippen LogP contribution in [0, 0.1) is 6.92 Å². The zero-order valence-corrected chi connectivity index (χ0v) is 14.6. The number of aryl methyl sites for hydroxylation is 1. The van der Waals surface area contributed by atoms with E-state index in [-0.39, 0.29) is 17.0 Å². The number of rotatable bonds is 5. The molecule has 0 radical (unpaired) electrons. The average Bonchev–Trinajstić information content (AvgIpc) is 2.94. The summed E-state index contributed by atoms with van der Waals surface area (Å²) in [6.07, 6.45) is 0.972. The third-order valence-electron chi connectivity index (χ3n) is 4.38. The summed E-state index contributed by atoms with van der Waals surface area (Å²) in [5, 5.41) is 8.69. The summed E-state index contributed by atoms with van der Waals surface area (Å²) in [6, 6.07) is 13.4. The Kier molecular flexibility index (Phi) is 4.62. The fourth-order valence-electron chi connectivity index (χ4n) is 2.99. The first-order chi connectivity index (χ1) is 11.3. The molecule has 0 fully saturated rings. The van der Waals surface area contributed by atoms with Crippen LogP contribution in [0.1, 0.15) is 29.7 Å². The van der Waals surface area contributed by atoms with E-state index in [1.54, 1.807) is 19.1 Å². The molecule has 2 atom stereocenters. The van der Waals surface area contributed by atoms with E-state index in [9.17, 15) is 8.42 Å². The van der Waals surface area contributed by atoms with Crippen LogP contribution in [0.25, 0.3) is 0 Å². The SMILES string of the molecule is Cc1ccc([C@H](C)NC[C@H]2Cc3ccccc3O2)cc1S(N)(=O)=O. The number of fused-ring (bicyclic) bond motifs is 1. The molecule has 0 aromatic heterocycles. The highest BCUT2D eigenvalue weighted by molar-refractivity contribution is 7.89. The van der Waals surface area contributed by atoms with Gasteiger partial charge in [0.05, 0.1) is 4.90 Å². The number of nitrogens with two attached hydrogens (primary N) is 1. The van der Waals surface area contributed by atoms with Gasteiger partial charge in [-0.15, -0.1) is 0 Å². The van der Waals surface area contributed by atoms with Crippen LogP contribution in [-0.4, -0.2) is 21.1 Å². The normalized spacial score (nSPS) is 18.0. The van der Waals surface area contributed by atoms with Crippen molar-refractivity contribution in [3.8, 4) is 5.75 Å². The van der Waals surface area contributed by atoms with Crippen molar-refractivity contribution in [2.75, 3.05) is 6.54 Å². The van der Waals surface area contributed by atoms with Crippen molar-refractivity contribution in [3.05, 3.63) is 59.2 Å². The highest BCUT2D eigenvalue weighted by atomic mass is 32.2. The van der Waals surface area contributed by atoms with Crippen LogP contribution in [0.5, 0.6) is 5.75 Å². The maximum absolute atomic E-state index is 11.7. The maximum Gasteiger partial charge on any atom is 0.238 e. The molecule has 1 aliphatic rings. The minimum absolute atomic E-state index is 0.00147. The molecular weight excluding hydrogens is 324 g/mol. The van der Waals surface area contributed by atoms with Gasteiger partial charge in [0.25, 0.3) is 0 Å². The van der Waals surface area contributed by atoms with Gasteiger partial charge in [-0.1, -0.05) is 30.3 Å². The minimum Gasteiger partial charge on any atom is -0.488 e. The van der Waals surface area contributed by atoms with E-state index in [0.717, 1.165) is 17.7 Å². The Hall–Kier alpha value is -1.89. The predicted molar refractivity (Wildman–Crippen MR) is 93.5 cm³/mol. The van der Waals surface area contributed by atoms with Crippen LogP contribution < -0.4 is 15.2 Å². The van der Waals surface area contributed by atoms with Gasteiger partial charge in [-0.2, -0.15) is 0 Å². The summed E-state index contributed by atoms with van der Waals surface area (Å²) < 4.78 is 29.2. The summed E-state index contributed by atoms with van der Waals surface area (Å²) in [6.45, 7) is 4.43. The van der Waals surface area contributed by atoms with Gasteiger partial charge < -0.3 is 10.1 Å². The third-order valence-corrected chi connectivity index (χ3v) is 5.44. The summed E-state index contributed by atoms with van der Waals surface area (Å²) in [4.78, 5) is 0.179. The second-order valence-electron chi connectivity index (χ2n) is 6.25. The van der Waals surface area contributed by atoms with E-state index in [1.165, 1.54) is 5.56 Å². The van der Waals surface area contributed by atoms with Crippen LogP contribution in [0.3, 0.4) is 0 Å². The maximum atomic E-state index is 11.7.